The Kier molecular flexibility index (Phi) is 3.87. The van der Waals surface area contributed by atoms with E-state index in [9.17, 15) is 4.79 Å². The van der Waals surface area contributed by atoms with E-state index < -0.39 is 0 Å². The maximum absolute atomic E-state index is 10.8. The zero-order chi connectivity index (χ0) is 14.7. The second-order valence-corrected chi connectivity index (χ2v) is 5.10. The van der Waals surface area contributed by atoms with Crippen LogP contribution in [0.3, 0.4) is 0 Å². The molecule has 0 spiro atoms. The third kappa shape index (κ3) is 3.22. The lowest BCUT2D eigenvalue weighted by Crippen LogP contribution is -2.21. The lowest BCUT2D eigenvalue weighted by atomic mass is 10.2. The van der Waals surface area contributed by atoms with Crippen LogP contribution in [0.4, 0.5) is 0 Å². The van der Waals surface area contributed by atoms with Gasteiger partial charge in [-0.1, -0.05) is 6.07 Å². The molecule has 0 amide bonds. The van der Waals surface area contributed by atoms with Gasteiger partial charge in [0.1, 0.15) is 17.5 Å². The van der Waals surface area contributed by atoms with Gasteiger partial charge in [0.05, 0.1) is 18.1 Å². The molecular weight excluding hydrogens is 268 g/mol. The number of aldehydes is 1. The first kappa shape index (κ1) is 13.6. The normalized spacial score (nSPS) is 18.6. The maximum atomic E-state index is 10.8. The number of hydrogen-bond donors (Lipinski definition) is 0. The monoisotopic (exact) mass is 284 g/mol. The molecule has 6 heteroatoms. The largest absolute Gasteiger partial charge is 0.472 e. The third-order valence-electron chi connectivity index (χ3n) is 3.40. The van der Waals surface area contributed by atoms with Crippen LogP contribution in [-0.2, 0) is 0 Å². The summed E-state index contributed by atoms with van der Waals surface area (Å²) in [6.45, 7) is 1.92. The average Bonchev–Trinajstić information content (AvgIpc) is 2.93. The molecule has 1 aliphatic heterocycles. The summed E-state index contributed by atoms with van der Waals surface area (Å²) in [5.74, 6) is 0.492. The van der Waals surface area contributed by atoms with E-state index in [1.54, 1.807) is 30.6 Å². The first-order valence-corrected chi connectivity index (χ1v) is 6.84. The van der Waals surface area contributed by atoms with Crippen LogP contribution in [0.2, 0.25) is 0 Å². The molecule has 3 heterocycles. The summed E-state index contributed by atoms with van der Waals surface area (Å²) in [4.78, 5) is 25.8. The highest BCUT2D eigenvalue weighted by atomic mass is 16.5. The summed E-state index contributed by atoms with van der Waals surface area (Å²) in [7, 11) is 2.07. The Labute approximate surface area is 122 Å². The average molecular weight is 284 g/mol. The van der Waals surface area contributed by atoms with Gasteiger partial charge in [-0.15, -0.1) is 0 Å². The SMILES string of the molecule is CN1CC[C@H](Oc2cncc(-c3cccc(C=O)n3)n2)C1. The van der Waals surface area contributed by atoms with Crippen molar-refractivity contribution in [3.63, 3.8) is 0 Å². The number of nitrogens with zero attached hydrogens (tertiary/aromatic N) is 4. The molecule has 0 unspecified atom stereocenters. The number of likely N-dealkylation sites (N-methyl/N-ethyl adjacent to an activating group) is 1. The minimum atomic E-state index is 0.147. The van der Waals surface area contributed by atoms with E-state index in [1.165, 1.54) is 0 Å². The van der Waals surface area contributed by atoms with Crippen molar-refractivity contribution in [3.05, 3.63) is 36.3 Å². The van der Waals surface area contributed by atoms with E-state index in [2.05, 4.69) is 26.9 Å². The topological polar surface area (TPSA) is 68.2 Å². The van der Waals surface area contributed by atoms with Gasteiger partial charge in [0.2, 0.25) is 5.88 Å². The molecule has 0 aromatic carbocycles. The van der Waals surface area contributed by atoms with Crippen LogP contribution in [0.5, 0.6) is 5.88 Å². The molecule has 1 fully saturated rings. The number of carbonyl (C=O) groups is 1. The maximum Gasteiger partial charge on any atom is 0.233 e. The van der Waals surface area contributed by atoms with E-state index in [1.807, 2.05) is 0 Å². The van der Waals surface area contributed by atoms with E-state index in [4.69, 9.17) is 4.74 Å². The molecule has 1 atom stereocenters. The van der Waals surface area contributed by atoms with Crippen molar-refractivity contribution in [2.24, 2.45) is 0 Å². The highest BCUT2D eigenvalue weighted by Gasteiger charge is 2.21. The summed E-state index contributed by atoms with van der Waals surface area (Å²) in [5, 5.41) is 0. The van der Waals surface area contributed by atoms with Gasteiger partial charge >= 0.3 is 0 Å². The third-order valence-corrected chi connectivity index (χ3v) is 3.40. The molecule has 0 aliphatic carbocycles. The van der Waals surface area contributed by atoms with Gasteiger partial charge in [0.25, 0.3) is 0 Å². The van der Waals surface area contributed by atoms with Gasteiger partial charge in [-0.25, -0.2) is 9.97 Å². The summed E-state index contributed by atoms with van der Waals surface area (Å²) in [5.41, 5.74) is 1.58. The fraction of sp³-hybridized carbons (Fsp3) is 0.333. The fourth-order valence-corrected chi connectivity index (χ4v) is 2.35. The molecule has 2 aromatic heterocycles. The van der Waals surface area contributed by atoms with Crippen molar-refractivity contribution < 1.29 is 9.53 Å². The quantitative estimate of drug-likeness (QED) is 0.791. The molecule has 0 bridgehead atoms. The van der Waals surface area contributed by atoms with Crippen molar-refractivity contribution in [1.82, 2.24) is 19.9 Å². The van der Waals surface area contributed by atoms with Crippen LogP contribution >= 0.6 is 0 Å². The van der Waals surface area contributed by atoms with Crippen molar-refractivity contribution >= 4 is 6.29 Å². The second kappa shape index (κ2) is 5.97. The minimum Gasteiger partial charge on any atom is -0.472 e. The van der Waals surface area contributed by atoms with Crippen molar-refractivity contribution in [2.75, 3.05) is 20.1 Å². The predicted octanol–water partition coefficient (Wildman–Crippen LogP) is 1.43. The zero-order valence-electron chi connectivity index (χ0n) is 11.8. The highest BCUT2D eigenvalue weighted by molar-refractivity contribution is 5.73. The minimum absolute atomic E-state index is 0.147. The van der Waals surface area contributed by atoms with Crippen molar-refractivity contribution in [3.8, 4) is 17.3 Å². The molecule has 2 aromatic rings. The van der Waals surface area contributed by atoms with Crippen LogP contribution in [0.1, 0.15) is 16.9 Å². The number of likely N-dealkylation sites (tertiary alicyclic amines) is 1. The Morgan fingerprint density at radius 1 is 1.29 bits per heavy atom. The zero-order valence-corrected chi connectivity index (χ0v) is 11.8. The highest BCUT2D eigenvalue weighted by Crippen LogP contribution is 2.19. The number of carbonyl (C=O) groups excluding carboxylic acids is 1. The molecule has 0 N–H and O–H groups in total. The smallest absolute Gasteiger partial charge is 0.233 e. The molecule has 0 saturated carbocycles. The number of rotatable bonds is 4. The first-order chi connectivity index (χ1) is 10.2. The summed E-state index contributed by atoms with van der Waals surface area (Å²) in [6, 6.07) is 5.22. The summed E-state index contributed by atoms with van der Waals surface area (Å²) in [6.07, 6.45) is 5.07. The lowest BCUT2D eigenvalue weighted by molar-refractivity contribution is 0.111. The van der Waals surface area contributed by atoms with Crippen LogP contribution in [0, 0.1) is 0 Å². The fourth-order valence-electron chi connectivity index (χ4n) is 2.35. The van der Waals surface area contributed by atoms with Crippen LogP contribution in [0.25, 0.3) is 11.4 Å². The van der Waals surface area contributed by atoms with Crippen LogP contribution < -0.4 is 4.74 Å². The standard InChI is InChI=1S/C15H16N4O2/c1-19-6-5-12(9-19)21-15-8-16-7-14(18-15)13-4-2-3-11(10-20)17-13/h2-4,7-8,10,12H,5-6,9H2,1H3/t12-/m0/s1. The van der Waals surface area contributed by atoms with Gasteiger partial charge in [0.15, 0.2) is 6.29 Å². The number of hydrogen-bond acceptors (Lipinski definition) is 6. The molecule has 21 heavy (non-hydrogen) atoms. The van der Waals surface area contributed by atoms with Crippen molar-refractivity contribution in [2.45, 2.75) is 12.5 Å². The molecule has 3 rings (SSSR count). The van der Waals surface area contributed by atoms with Gasteiger partial charge in [-0.3, -0.25) is 9.78 Å². The van der Waals surface area contributed by atoms with Crippen molar-refractivity contribution in [1.29, 1.82) is 0 Å². The van der Waals surface area contributed by atoms with Crippen LogP contribution in [0.15, 0.2) is 30.6 Å². The molecule has 6 nitrogen and oxygen atoms in total. The van der Waals surface area contributed by atoms with Gasteiger partial charge < -0.3 is 9.64 Å². The van der Waals surface area contributed by atoms with Crippen LogP contribution in [-0.4, -0.2) is 52.4 Å². The number of ether oxygens (including phenoxy) is 1. The van der Waals surface area contributed by atoms with Gasteiger partial charge in [0, 0.05) is 13.1 Å². The Morgan fingerprint density at radius 3 is 2.95 bits per heavy atom. The Morgan fingerprint density at radius 2 is 2.19 bits per heavy atom. The van der Waals surface area contributed by atoms with Gasteiger partial charge in [-0.05, 0) is 25.6 Å². The molecule has 108 valence electrons. The first-order valence-electron chi connectivity index (χ1n) is 6.84. The summed E-state index contributed by atoms with van der Waals surface area (Å²) >= 11 is 0. The Bertz CT molecular complexity index is 647. The van der Waals surface area contributed by atoms with E-state index in [-0.39, 0.29) is 6.10 Å². The Hall–Kier alpha value is -2.34. The predicted molar refractivity (Wildman–Crippen MR) is 77.2 cm³/mol. The second-order valence-electron chi connectivity index (χ2n) is 5.10. The molecule has 0 radical (unpaired) electrons. The molecule has 1 saturated heterocycles. The van der Waals surface area contributed by atoms with E-state index in [0.29, 0.717) is 29.2 Å². The van der Waals surface area contributed by atoms with E-state index >= 15 is 0 Å². The Balaban J connectivity index is 1.80. The number of pyridine rings is 1. The molecule has 1 aliphatic rings. The molecular formula is C15H16N4O2. The number of aromatic nitrogens is 3. The lowest BCUT2D eigenvalue weighted by Gasteiger charge is -2.13. The van der Waals surface area contributed by atoms with E-state index in [0.717, 1.165) is 19.5 Å². The van der Waals surface area contributed by atoms with Gasteiger partial charge in [-0.2, -0.15) is 0 Å². The summed E-state index contributed by atoms with van der Waals surface area (Å²) < 4.78 is 5.85.